The molecule has 2 N–H and O–H groups in total. The summed E-state index contributed by atoms with van der Waals surface area (Å²) < 4.78 is 74.8. The number of hydrazone groups is 1. The Morgan fingerprint density at radius 3 is 2.22 bits per heavy atom. The van der Waals surface area contributed by atoms with E-state index in [2.05, 4.69) is 15.8 Å². The minimum absolute atomic E-state index is 0.248. The Hall–Kier alpha value is -4.30. The molecule has 0 fully saturated rings. The molecule has 0 aliphatic rings. The number of benzene rings is 3. The molecule has 0 aliphatic heterocycles. The number of nitrogens with one attached hydrogen (secondary N) is 2. The number of hydrogen-bond donors (Lipinski definition) is 2. The molecular weight excluding hydrogens is 589 g/mol. The first kappa shape index (κ1) is 31.2. The lowest BCUT2D eigenvalue weighted by Crippen LogP contribution is -2.39. The normalized spacial score (nSPS) is 11.7. The Kier molecular flexibility index (Phi) is 10.2. The van der Waals surface area contributed by atoms with Crippen molar-refractivity contribution in [2.45, 2.75) is 6.18 Å². The molecule has 0 saturated carbocycles. The number of alkyl halides is 3. The van der Waals surface area contributed by atoms with Gasteiger partial charge in [-0.3, -0.25) is 13.9 Å². The first-order valence-corrected chi connectivity index (χ1v) is 13.8. The molecule has 0 radical (unpaired) electrons. The molecule has 0 aliphatic carbocycles. The topological polar surface area (TPSA) is 126 Å². The lowest BCUT2D eigenvalue weighted by Gasteiger charge is -2.23. The largest absolute Gasteiger partial charge is 0.497 e. The van der Waals surface area contributed by atoms with Gasteiger partial charge in [-0.1, -0.05) is 11.6 Å². The molecule has 218 valence electrons. The van der Waals surface area contributed by atoms with Crippen LogP contribution in [0.25, 0.3) is 0 Å². The highest BCUT2D eigenvalue weighted by Crippen LogP contribution is 2.36. The molecule has 41 heavy (non-hydrogen) atoms. The van der Waals surface area contributed by atoms with E-state index < -0.39 is 39.9 Å². The number of nitrogens with zero attached hydrogens (tertiary/aromatic N) is 2. The van der Waals surface area contributed by atoms with E-state index >= 15 is 0 Å². The zero-order valence-electron chi connectivity index (χ0n) is 21.6. The van der Waals surface area contributed by atoms with Crippen molar-refractivity contribution in [1.82, 2.24) is 5.43 Å². The fourth-order valence-corrected chi connectivity index (χ4v) is 4.41. The summed E-state index contributed by atoms with van der Waals surface area (Å²) in [6.07, 6.45) is -2.77. The highest BCUT2D eigenvalue weighted by Gasteiger charge is 2.33. The monoisotopic (exact) mass is 612 g/mol. The van der Waals surface area contributed by atoms with E-state index in [1.165, 1.54) is 13.3 Å². The van der Waals surface area contributed by atoms with E-state index in [-0.39, 0.29) is 17.5 Å². The average molecular weight is 613 g/mol. The number of anilines is 2. The molecule has 0 bridgehead atoms. The summed E-state index contributed by atoms with van der Waals surface area (Å²) in [7, 11) is -2.66. The standard InChI is InChI=1S/C26H24ClF3N4O6S/c1-39-20-10-6-19(7-11-20)32-25(36)16-40-21-8-3-17(4-9-21)14-31-33-24(35)15-34(41(2,37)38)23-13-18(26(28,29)30)5-12-22(23)27/h3-14H,15-16H2,1-2H3,(H,32,36)(H,33,35)/b31-14+. The van der Waals surface area contributed by atoms with Crippen LogP contribution < -0.4 is 24.5 Å². The molecule has 15 heteroatoms. The van der Waals surface area contributed by atoms with Gasteiger partial charge in [0.1, 0.15) is 18.0 Å². The Morgan fingerprint density at radius 2 is 1.63 bits per heavy atom. The van der Waals surface area contributed by atoms with Crippen molar-refractivity contribution >= 4 is 51.0 Å². The summed E-state index contributed by atoms with van der Waals surface area (Å²) in [5, 5.41) is 6.13. The molecule has 0 spiro atoms. The number of amides is 2. The van der Waals surface area contributed by atoms with Crippen LogP contribution in [0.5, 0.6) is 11.5 Å². The number of hydrogen-bond acceptors (Lipinski definition) is 7. The predicted molar refractivity (Wildman–Crippen MR) is 148 cm³/mol. The van der Waals surface area contributed by atoms with Gasteiger partial charge in [-0.05, 0) is 72.3 Å². The van der Waals surface area contributed by atoms with Gasteiger partial charge in [-0.25, -0.2) is 13.8 Å². The van der Waals surface area contributed by atoms with Crippen LogP contribution in [0, 0.1) is 0 Å². The van der Waals surface area contributed by atoms with Crippen LogP contribution in [0.3, 0.4) is 0 Å². The van der Waals surface area contributed by atoms with Gasteiger partial charge in [0.25, 0.3) is 11.8 Å². The SMILES string of the molecule is COc1ccc(NC(=O)COc2ccc(/C=N/NC(=O)CN(c3cc(C(F)(F)F)ccc3Cl)S(C)(=O)=O)cc2)cc1. The second kappa shape index (κ2) is 13.4. The molecular formula is C26H24ClF3N4O6S. The molecule has 0 unspecified atom stereocenters. The van der Waals surface area contributed by atoms with Crippen LogP contribution in [0.2, 0.25) is 5.02 Å². The van der Waals surface area contributed by atoms with Crippen LogP contribution in [0.1, 0.15) is 11.1 Å². The van der Waals surface area contributed by atoms with Gasteiger partial charge in [-0.2, -0.15) is 18.3 Å². The zero-order chi connectivity index (χ0) is 30.2. The predicted octanol–water partition coefficient (Wildman–Crippen LogP) is 4.30. The van der Waals surface area contributed by atoms with Gasteiger partial charge in [0.2, 0.25) is 10.0 Å². The zero-order valence-corrected chi connectivity index (χ0v) is 23.2. The van der Waals surface area contributed by atoms with Crippen LogP contribution >= 0.6 is 11.6 Å². The maximum Gasteiger partial charge on any atom is 0.416 e. The molecule has 0 aromatic heterocycles. The van der Waals surface area contributed by atoms with Crippen molar-refractivity contribution in [3.8, 4) is 11.5 Å². The highest BCUT2D eigenvalue weighted by molar-refractivity contribution is 7.92. The number of halogens is 4. The van der Waals surface area contributed by atoms with Crippen LogP contribution in [0.4, 0.5) is 24.5 Å². The Labute approximate surface area is 238 Å². The number of rotatable bonds is 11. The minimum Gasteiger partial charge on any atom is -0.497 e. The van der Waals surface area contributed by atoms with E-state index in [0.29, 0.717) is 39.2 Å². The fraction of sp³-hybridized carbons (Fsp3) is 0.192. The number of carbonyl (C=O) groups is 2. The summed E-state index contributed by atoms with van der Waals surface area (Å²) in [6.45, 7) is -1.12. The Morgan fingerprint density at radius 1 is 1.00 bits per heavy atom. The van der Waals surface area contributed by atoms with Gasteiger partial charge in [0, 0.05) is 5.69 Å². The van der Waals surface area contributed by atoms with Crippen molar-refractivity contribution in [3.05, 3.63) is 82.9 Å². The quantitative estimate of drug-likeness (QED) is 0.246. The van der Waals surface area contributed by atoms with E-state index in [4.69, 9.17) is 21.1 Å². The Bertz CT molecular complexity index is 1520. The average Bonchev–Trinajstić information content (AvgIpc) is 2.91. The molecule has 10 nitrogen and oxygen atoms in total. The maximum atomic E-state index is 13.1. The van der Waals surface area contributed by atoms with Crippen molar-refractivity contribution in [3.63, 3.8) is 0 Å². The second-order valence-corrected chi connectivity index (χ2v) is 10.7. The van der Waals surface area contributed by atoms with Crippen molar-refractivity contribution < 1.29 is 40.7 Å². The summed E-state index contributed by atoms with van der Waals surface area (Å²) in [5.41, 5.74) is 1.58. The molecule has 3 aromatic rings. The van der Waals surface area contributed by atoms with Crippen LogP contribution in [-0.4, -0.2) is 53.0 Å². The number of sulfonamides is 1. The van der Waals surface area contributed by atoms with Gasteiger partial charge < -0.3 is 14.8 Å². The molecule has 3 aromatic carbocycles. The van der Waals surface area contributed by atoms with Crippen molar-refractivity contribution in [2.75, 3.05) is 36.1 Å². The van der Waals surface area contributed by atoms with Crippen molar-refractivity contribution in [1.29, 1.82) is 0 Å². The lowest BCUT2D eigenvalue weighted by molar-refractivity contribution is -0.137. The fourth-order valence-electron chi connectivity index (χ4n) is 3.28. The van der Waals surface area contributed by atoms with Gasteiger partial charge in [0.15, 0.2) is 6.61 Å². The summed E-state index contributed by atoms with van der Waals surface area (Å²) in [6, 6.07) is 15.2. The smallest absolute Gasteiger partial charge is 0.416 e. The van der Waals surface area contributed by atoms with E-state index in [0.717, 1.165) is 12.3 Å². The second-order valence-electron chi connectivity index (χ2n) is 8.36. The van der Waals surface area contributed by atoms with Gasteiger partial charge >= 0.3 is 6.18 Å². The lowest BCUT2D eigenvalue weighted by atomic mass is 10.2. The number of carbonyl (C=O) groups excluding carboxylic acids is 2. The number of methoxy groups -OCH3 is 1. The Balaban J connectivity index is 1.55. The summed E-state index contributed by atoms with van der Waals surface area (Å²) >= 11 is 5.94. The van der Waals surface area contributed by atoms with Gasteiger partial charge in [-0.15, -0.1) is 0 Å². The van der Waals surface area contributed by atoms with E-state index in [1.54, 1.807) is 48.5 Å². The van der Waals surface area contributed by atoms with Crippen LogP contribution in [0.15, 0.2) is 71.8 Å². The molecule has 0 saturated heterocycles. The van der Waals surface area contributed by atoms with E-state index in [9.17, 15) is 31.2 Å². The highest BCUT2D eigenvalue weighted by atomic mass is 35.5. The summed E-state index contributed by atoms with van der Waals surface area (Å²) in [5.74, 6) is -0.266. The molecule has 0 heterocycles. The minimum atomic E-state index is -4.75. The van der Waals surface area contributed by atoms with Gasteiger partial charge in [0.05, 0.1) is 35.9 Å². The maximum absolute atomic E-state index is 13.1. The van der Waals surface area contributed by atoms with E-state index in [1.807, 2.05) is 0 Å². The summed E-state index contributed by atoms with van der Waals surface area (Å²) in [4.78, 5) is 24.5. The number of ether oxygens (including phenoxy) is 2. The first-order chi connectivity index (χ1) is 19.3. The first-order valence-electron chi connectivity index (χ1n) is 11.6. The molecule has 2 amide bonds. The third-order valence-electron chi connectivity index (χ3n) is 5.26. The molecule has 0 atom stereocenters. The molecule has 3 rings (SSSR count). The third-order valence-corrected chi connectivity index (χ3v) is 6.70. The van der Waals surface area contributed by atoms with Crippen LogP contribution in [-0.2, 0) is 25.8 Å². The van der Waals surface area contributed by atoms with Crippen molar-refractivity contribution in [2.24, 2.45) is 5.10 Å². The third kappa shape index (κ3) is 9.39.